The number of carbonyl (C=O) groups is 1. The van der Waals surface area contributed by atoms with E-state index in [9.17, 15) is 4.79 Å². The Kier molecular flexibility index (Phi) is 6.31. The van der Waals surface area contributed by atoms with Crippen molar-refractivity contribution in [1.82, 2.24) is 5.32 Å². The molecule has 0 aliphatic carbocycles. The Bertz CT molecular complexity index is 735. The molecule has 0 radical (unpaired) electrons. The van der Waals surface area contributed by atoms with Crippen LogP contribution in [0.3, 0.4) is 0 Å². The molecule has 24 heavy (non-hydrogen) atoms. The Balaban J connectivity index is 2.01. The largest absolute Gasteiger partial charge is 0.350 e. The second-order valence-electron chi connectivity index (χ2n) is 6.28. The fourth-order valence-corrected chi connectivity index (χ4v) is 3.44. The van der Waals surface area contributed by atoms with Crippen molar-refractivity contribution in [3.8, 4) is 0 Å². The van der Waals surface area contributed by atoms with Gasteiger partial charge in [0.05, 0.1) is 6.04 Å². The molecule has 0 aliphatic rings. The second-order valence-corrected chi connectivity index (χ2v) is 7.10. The summed E-state index contributed by atoms with van der Waals surface area (Å²) < 4.78 is 0. The Morgan fingerprint density at radius 3 is 2.25 bits per heavy atom. The third-order valence-corrected chi connectivity index (χ3v) is 5.10. The van der Waals surface area contributed by atoms with Crippen molar-refractivity contribution in [3.05, 3.63) is 68.2 Å². The van der Waals surface area contributed by atoms with Gasteiger partial charge in [-0.2, -0.15) is 0 Å². The maximum Gasteiger partial charge on any atom is 0.220 e. The standard InChI is InChI=1S/C20H23Cl2NO/c1-12-10-14(3)17(11-13(12)2)15(4)23-20(24)9-8-16-18(21)6-5-7-19(16)22/h5-7,10-11,15H,8-9H2,1-4H3,(H,23,24)/t15-/m0/s1. The molecule has 0 aliphatic heterocycles. The van der Waals surface area contributed by atoms with Gasteiger partial charge < -0.3 is 5.32 Å². The Hall–Kier alpha value is -1.51. The minimum atomic E-state index is -0.0292. The number of halogens is 2. The monoisotopic (exact) mass is 363 g/mol. The highest BCUT2D eigenvalue weighted by molar-refractivity contribution is 6.36. The number of benzene rings is 2. The van der Waals surface area contributed by atoms with E-state index in [4.69, 9.17) is 23.2 Å². The van der Waals surface area contributed by atoms with E-state index < -0.39 is 0 Å². The van der Waals surface area contributed by atoms with Crippen molar-refractivity contribution in [2.45, 2.75) is 46.6 Å². The van der Waals surface area contributed by atoms with E-state index in [1.165, 1.54) is 16.7 Å². The van der Waals surface area contributed by atoms with Gasteiger partial charge in [0.25, 0.3) is 0 Å². The molecule has 0 bridgehead atoms. The summed E-state index contributed by atoms with van der Waals surface area (Å²) in [5, 5.41) is 4.28. The molecule has 2 rings (SSSR count). The fraction of sp³-hybridized carbons (Fsp3) is 0.350. The van der Waals surface area contributed by atoms with Gasteiger partial charge in [-0.05, 0) is 74.1 Å². The number of rotatable bonds is 5. The lowest BCUT2D eigenvalue weighted by molar-refractivity contribution is -0.121. The van der Waals surface area contributed by atoms with Crippen molar-refractivity contribution >= 4 is 29.1 Å². The van der Waals surface area contributed by atoms with Gasteiger partial charge in [-0.25, -0.2) is 0 Å². The van der Waals surface area contributed by atoms with Crippen LogP contribution in [0.4, 0.5) is 0 Å². The molecule has 0 aromatic heterocycles. The van der Waals surface area contributed by atoms with Gasteiger partial charge in [-0.15, -0.1) is 0 Å². The number of hydrogen-bond acceptors (Lipinski definition) is 1. The normalized spacial score (nSPS) is 12.1. The highest BCUT2D eigenvalue weighted by Crippen LogP contribution is 2.26. The quantitative estimate of drug-likeness (QED) is 0.721. The summed E-state index contributed by atoms with van der Waals surface area (Å²) in [5.41, 5.74) is 5.68. The third kappa shape index (κ3) is 4.52. The summed E-state index contributed by atoms with van der Waals surface area (Å²) in [6, 6.07) is 9.68. The predicted molar refractivity (Wildman–Crippen MR) is 102 cm³/mol. The zero-order valence-electron chi connectivity index (χ0n) is 14.5. The predicted octanol–water partition coefficient (Wildman–Crippen LogP) is 5.73. The molecule has 0 heterocycles. The first-order chi connectivity index (χ1) is 11.3. The first kappa shape index (κ1) is 18.8. The molecule has 0 fully saturated rings. The average Bonchev–Trinajstić information content (AvgIpc) is 2.50. The maximum absolute atomic E-state index is 12.3. The number of carbonyl (C=O) groups excluding carboxylic acids is 1. The summed E-state index contributed by atoms with van der Waals surface area (Å²) in [5.74, 6) is -0.00360. The van der Waals surface area contributed by atoms with Crippen LogP contribution in [-0.2, 0) is 11.2 Å². The number of aryl methyl sites for hydroxylation is 3. The molecule has 0 saturated heterocycles. The molecule has 1 amide bonds. The van der Waals surface area contributed by atoms with Crippen molar-refractivity contribution in [3.63, 3.8) is 0 Å². The molecule has 2 nitrogen and oxygen atoms in total. The van der Waals surface area contributed by atoms with E-state index in [0.717, 1.165) is 11.1 Å². The molecule has 0 spiro atoms. The summed E-state index contributed by atoms with van der Waals surface area (Å²) in [6.45, 7) is 8.28. The van der Waals surface area contributed by atoms with Gasteiger partial charge in [-0.3, -0.25) is 4.79 Å². The Morgan fingerprint density at radius 2 is 1.62 bits per heavy atom. The topological polar surface area (TPSA) is 29.1 Å². The maximum atomic E-state index is 12.3. The summed E-state index contributed by atoms with van der Waals surface area (Å²) >= 11 is 12.3. The summed E-state index contributed by atoms with van der Waals surface area (Å²) in [6.07, 6.45) is 0.890. The van der Waals surface area contributed by atoms with Crippen LogP contribution in [0.1, 0.15) is 47.2 Å². The lowest BCUT2D eigenvalue weighted by Crippen LogP contribution is -2.27. The van der Waals surface area contributed by atoms with E-state index >= 15 is 0 Å². The van der Waals surface area contributed by atoms with Crippen LogP contribution in [0, 0.1) is 20.8 Å². The van der Waals surface area contributed by atoms with Crippen molar-refractivity contribution in [1.29, 1.82) is 0 Å². The van der Waals surface area contributed by atoms with Gasteiger partial charge in [0, 0.05) is 16.5 Å². The lowest BCUT2D eigenvalue weighted by Gasteiger charge is -2.18. The van der Waals surface area contributed by atoms with Gasteiger partial charge in [0.1, 0.15) is 0 Å². The van der Waals surface area contributed by atoms with E-state index in [0.29, 0.717) is 22.9 Å². The zero-order chi connectivity index (χ0) is 17.9. The Labute approximate surface area is 154 Å². The van der Waals surface area contributed by atoms with E-state index in [1.807, 2.05) is 6.92 Å². The second kappa shape index (κ2) is 8.04. The average molecular weight is 364 g/mol. The number of amides is 1. The molecule has 1 atom stereocenters. The zero-order valence-corrected chi connectivity index (χ0v) is 16.1. The van der Waals surface area contributed by atoms with Crippen molar-refractivity contribution in [2.24, 2.45) is 0 Å². The number of nitrogens with one attached hydrogen (secondary N) is 1. The highest BCUT2D eigenvalue weighted by atomic mass is 35.5. The Morgan fingerprint density at radius 1 is 1.04 bits per heavy atom. The van der Waals surface area contributed by atoms with E-state index in [-0.39, 0.29) is 11.9 Å². The molecule has 1 N–H and O–H groups in total. The first-order valence-corrected chi connectivity index (χ1v) is 8.85. The molecule has 0 saturated carbocycles. The summed E-state index contributed by atoms with van der Waals surface area (Å²) in [7, 11) is 0. The van der Waals surface area contributed by atoms with E-state index in [2.05, 4.69) is 38.2 Å². The van der Waals surface area contributed by atoms with Crippen LogP contribution in [0.15, 0.2) is 30.3 Å². The SMILES string of the molecule is Cc1cc(C)c([C@H](C)NC(=O)CCc2c(Cl)cccc2Cl)cc1C. The molecule has 128 valence electrons. The van der Waals surface area contributed by atoms with Crippen molar-refractivity contribution in [2.75, 3.05) is 0 Å². The van der Waals surface area contributed by atoms with Crippen LogP contribution >= 0.6 is 23.2 Å². The van der Waals surface area contributed by atoms with E-state index in [1.54, 1.807) is 18.2 Å². The van der Waals surface area contributed by atoms with Crippen LogP contribution in [0.5, 0.6) is 0 Å². The minimum absolute atomic E-state index is 0.00360. The lowest BCUT2D eigenvalue weighted by atomic mass is 9.96. The van der Waals surface area contributed by atoms with Crippen LogP contribution < -0.4 is 5.32 Å². The number of hydrogen-bond donors (Lipinski definition) is 1. The third-order valence-electron chi connectivity index (χ3n) is 4.39. The van der Waals surface area contributed by atoms with Gasteiger partial charge >= 0.3 is 0 Å². The molecular formula is C20H23Cl2NO. The van der Waals surface area contributed by atoms with Gasteiger partial charge in [0.15, 0.2) is 0 Å². The molecule has 2 aromatic carbocycles. The van der Waals surface area contributed by atoms with Gasteiger partial charge in [0.2, 0.25) is 5.91 Å². The molecule has 0 unspecified atom stereocenters. The fourth-order valence-electron chi connectivity index (χ4n) is 2.85. The molecule has 2 aromatic rings. The van der Waals surface area contributed by atoms with Crippen LogP contribution in [-0.4, -0.2) is 5.91 Å². The van der Waals surface area contributed by atoms with Crippen LogP contribution in [0.25, 0.3) is 0 Å². The smallest absolute Gasteiger partial charge is 0.220 e. The highest BCUT2D eigenvalue weighted by Gasteiger charge is 2.14. The first-order valence-electron chi connectivity index (χ1n) is 8.09. The molecular weight excluding hydrogens is 341 g/mol. The molecule has 4 heteroatoms. The van der Waals surface area contributed by atoms with Crippen molar-refractivity contribution < 1.29 is 4.79 Å². The summed E-state index contributed by atoms with van der Waals surface area (Å²) in [4.78, 5) is 12.3. The van der Waals surface area contributed by atoms with Crippen LogP contribution in [0.2, 0.25) is 10.0 Å². The minimum Gasteiger partial charge on any atom is -0.350 e. The van der Waals surface area contributed by atoms with Gasteiger partial charge in [-0.1, -0.05) is 41.4 Å².